The van der Waals surface area contributed by atoms with E-state index in [4.69, 9.17) is 18.9 Å². The zero-order valence-electron chi connectivity index (χ0n) is 36.5. The molecule has 1 N–H and O–H groups in total. The fraction of sp³-hybridized carbons (Fsp3) is 0.766. The highest BCUT2D eigenvalue weighted by molar-refractivity contribution is 5.71. The minimum absolute atomic E-state index is 0.183. The molecule has 56 heavy (non-hydrogen) atoms. The molecule has 0 amide bonds. The standard InChI is InChI=1S/C47H83NO8/c1-6-8-10-12-14-16-18-20-22-23-24-26-28-30-32-34-36-38-45(50)56-43(42-55-47(46(51)52)53-40-39-48(3,4)5)41-54-44(49)37-35-33-31-29-27-25-21-19-17-15-13-11-9-7-2/h8,10,14,16,19-22,43,47H,6-7,9,11-13,15,17-18,23-42H2,1-5H3/p+1/b10-8-,16-14-,21-19-,22-20-. The number of carboxylic acids is 1. The summed E-state index contributed by atoms with van der Waals surface area (Å²) in [6.07, 6.45) is 41.6. The van der Waals surface area contributed by atoms with E-state index in [0.717, 1.165) is 83.5 Å². The summed E-state index contributed by atoms with van der Waals surface area (Å²) >= 11 is 0. The van der Waals surface area contributed by atoms with Gasteiger partial charge < -0.3 is 28.5 Å². The molecule has 0 saturated carbocycles. The Morgan fingerprint density at radius 2 is 1.02 bits per heavy atom. The summed E-state index contributed by atoms with van der Waals surface area (Å²) in [7, 11) is 5.94. The van der Waals surface area contributed by atoms with Gasteiger partial charge in [0.1, 0.15) is 13.2 Å². The number of rotatable bonds is 40. The van der Waals surface area contributed by atoms with Crippen LogP contribution < -0.4 is 0 Å². The quantitative estimate of drug-likeness (QED) is 0.0215. The van der Waals surface area contributed by atoms with Gasteiger partial charge in [-0.3, -0.25) is 9.59 Å². The monoisotopic (exact) mass is 791 g/mol. The second-order valence-corrected chi connectivity index (χ2v) is 16.0. The number of esters is 2. The van der Waals surface area contributed by atoms with Crippen LogP contribution in [0, 0.1) is 0 Å². The minimum atomic E-state index is -1.51. The van der Waals surface area contributed by atoms with Crippen molar-refractivity contribution in [3.05, 3.63) is 48.6 Å². The molecule has 2 atom stereocenters. The Hall–Kier alpha value is -2.75. The molecule has 0 saturated heterocycles. The van der Waals surface area contributed by atoms with Gasteiger partial charge in [0.25, 0.3) is 6.29 Å². The summed E-state index contributed by atoms with van der Waals surface area (Å²) in [5, 5.41) is 9.63. The first-order chi connectivity index (χ1) is 27.1. The molecule has 0 aromatic rings. The molecule has 0 aliphatic carbocycles. The number of nitrogens with zero attached hydrogens (tertiary/aromatic N) is 1. The molecule has 0 radical (unpaired) electrons. The number of allylic oxidation sites excluding steroid dienone is 8. The second kappa shape index (κ2) is 39.1. The Bertz CT molecular complexity index is 1060. The van der Waals surface area contributed by atoms with Crippen molar-refractivity contribution >= 4 is 17.9 Å². The van der Waals surface area contributed by atoms with Crippen LogP contribution in [0.5, 0.6) is 0 Å². The lowest BCUT2D eigenvalue weighted by atomic mass is 10.1. The largest absolute Gasteiger partial charge is 0.477 e. The molecular formula is C47H84NO8+. The van der Waals surface area contributed by atoms with Gasteiger partial charge in [-0.1, -0.05) is 140 Å². The van der Waals surface area contributed by atoms with Gasteiger partial charge in [-0.2, -0.15) is 0 Å². The Labute approximate surface area is 342 Å². The molecule has 0 heterocycles. The van der Waals surface area contributed by atoms with E-state index in [1.807, 2.05) is 21.1 Å². The molecule has 0 aliphatic rings. The average Bonchev–Trinajstić information content (AvgIpc) is 3.15. The summed E-state index contributed by atoms with van der Waals surface area (Å²) in [4.78, 5) is 37.1. The van der Waals surface area contributed by atoms with Gasteiger partial charge in [-0.15, -0.1) is 0 Å². The predicted molar refractivity (Wildman–Crippen MR) is 230 cm³/mol. The third-order valence-corrected chi connectivity index (χ3v) is 9.32. The molecule has 0 bridgehead atoms. The number of carboxylic acid groups (broad SMARTS) is 1. The van der Waals surface area contributed by atoms with Gasteiger partial charge in [0.15, 0.2) is 6.10 Å². The normalized spacial score (nSPS) is 13.4. The summed E-state index contributed by atoms with van der Waals surface area (Å²) in [5.74, 6) is -2.04. The molecule has 0 fully saturated rings. The van der Waals surface area contributed by atoms with Crippen LogP contribution >= 0.6 is 0 Å². The molecule has 9 nitrogen and oxygen atoms in total. The predicted octanol–water partition coefficient (Wildman–Crippen LogP) is 11.6. The third kappa shape index (κ3) is 39.5. The Morgan fingerprint density at radius 1 is 0.554 bits per heavy atom. The molecule has 0 spiro atoms. The third-order valence-electron chi connectivity index (χ3n) is 9.32. The molecular weight excluding hydrogens is 707 g/mol. The fourth-order valence-corrected chi connectivity index (χ4v) is 5.84. The van der Waals surface area contributed by atoms with E-state index in [2.05, 4.69) is 62.5 Å². The molecule has 2 unspecified atom stereocenters. The number of hydrogen-bond acceptors (Lipinski definition) is 7. The smallest absolute Gasteiger partial charge is 0.361 e. The van der Waals surface area contributed by atoms with Crippen molar-refractivity contribution in [1.82, 2.24) is 0 Å². The van der Waals surface area contributed by atoms with E-state index in [9.17, 15) is 19.5 Å². The lowest BCUT2D eigenvalue weighted by molar-refractivity contribution is -0.870. The molecule has 0 rings (SSSR count). The number of quaternary nitrogens is 1. The van der Waals surface area contributed by atoms with Gasteiger partial charge in [0.2, 0.25) is 0 Å². The number of likely N-dealkylation sites (N-methyl/N-ethyl adjacent to an activating group) is 1. The highest BCUT2D eigenvalue weighted by Crippen LogP contribution is 2.13. The zero-order chi connectivity index (χ0) is 41.4. The first-order valence-corrected chi connectivity index (χ1v) is 22.3. The van der Waals surface area contributed by atoms with E-state index in [0.29, 0.717) is 17.4 Å². The number of unbranched alkanes of at least 4 members (excludes halogenated alkanes) is 17. The van der Waals surface area contributed by atoms with E-state index >= 15 is 0 Å². The lowest BCUT2D eigenvalue weighted by Crippen LogP contribution is -2.40. The van der Waals surface area contributed by atoms with Crippen LogP contribution in [0.4, 0.5) is 0 Å². The molecule has 0 aromatic heterocycles. The SMILES string of the molecule is CC/C=C\C/C=C\C/C=C\CCCCCCCCCC(=O)OC(COC(=O)CCCCCCC/C=C\CCCCCCC)COC(OCC[N+](C)(C)C)C(=O)O. The van der Waals surface area contributed by atoms with Gasteiger partial charge in [-0.25, -0.2) is 4.79 Å². The van der Waals surface area contributed by atoms with Crippen LogP contribution in [0.1, 0.15) is 174 Å². The van der Waals surface area contributed by atoms with Crippen LogP contribution in [0.2, 0.25) is 0 Å². The first-order valence-electron chi connectivity index (χ1n) is 22.3. The van der Waals surface area contributed by atoms with Gasteiger partial charge in [-0.05, 0) is 70.6 Å². The van der Waals surface area contributed by atoms with Crippen molar-refractivity contribution in [2.24, 2.45) is 0 Å². The second-order valence-electron chi connectivity index (χ2n) is 16.0. The van der Waals surface area contributed by atoms with Crippen molar-refractivity contribution in [2.45, 2.75) is 187 Å². The molecule has 0 aliphatic heterocycles. The van der Waals surface area contributed by atoms with Crippen molar-refractivity contribution in [3.63, 3.8) is 0 Å². The molecule has 0 aromatic carbocycles. The maximum absolute atomic E-state index is 12.8. The molecule has 324 valence electrons. The molecule has 9 heteroatoms. The Balaban J connectivity index is 4.47. The van der Waals surface area contributed by atoms with Gasteiger partial charge in [0, 0.05) is 12.8 Å². The van der Waals surface area contributed by atoms with Crippen LogP contribution in [0.3, 0.4) is 0 Å². The van der Waals surface area contributed by atoms with Crippen molar-refractivity contribution in [3.8, 4) is 0 Å². The summed E-state index contributed by atoms with van der Waals surface area (Å²) in [6, 6.07) is 0. The van der Waals surface area contributed by atoms with Gasteiger partial charge >= 0.3 is 17.9 Å². The average molecular weight is 791 g/mol. The van der Waals surface area contributed by atoms with Crippen molar-refractivity contribution in [1.29, 1.82) is 0 Å². The van der Waals surface area contributed by atoms with E-state index in [1.54, 1.807) is 0 Å². The summed E-state index contributed by atoms with van der Waals surface area (Å²) in [6.45, 7) is 4.72. The summed E-state index contributed by atoms with van der Waals surface area (Å²) in [5.41, 5.74) is 0. The maximum Gasteiger partial charge on any atom is 0.361 e. The maximum atomic E-state index is 12.8. The van der Waals surface area contributed by atoms with Crippen LogP contribution in [-0.4, -0.2) is 87.4 Å². The number of ether oxygens (including phenoxy) is 4. The Kier molecular flexibility index (Phi) is 37.2. The minimum Gasteiger partial charge on any atom is -0.477 e. The van der Waals surface area contributed by atoms with Gasteiger partial charge in [0.05, 0.1) is 34.4 Å². The topological polar surface area (TPSA) is 108 Å². The highest BCUT2D eigenvalue weighted by Gasteiger charge is 2.25. The number of carbonyl (C=O) groups is 3. The fourth-order valence-electron chi connectivity index (χ4n) is 5.84. The van der Waals surface area contributed by atoms with Crippen LogP contribution in [0.25, 0.3) is 0 Å². The van der Waals surface area contributed by atoms with E-state index in [1.165, 1.54) is 57.8 Å². The first kappa shape index (κ1) is 53.2. The van der Waals surface area contributed by atoms with Crippen molar-refractivity contribution < 1.29 is 42.9 Å². The highest BCUT2D eigenvalue weighted by atomic mass is 16.7. The zero-order valence-corrected chi connectivity index (χ0v) is 36.5. The Morgan fingerprint density at radius 3 is 1.54 bits per heavy atom. The van der Waals surface area contributed by atoms with Crippen LogP contribution in [-0.2, 0) is 33.3 Å². The lowest BCUT2D eigenvalue weighted by Gasteiger charge is -2.25. The van der Waals surface area contributed by atoms with E-state index < -0.39 is 24.3 Å². The van der Waals surface area contributed by atoms with Crippen LogP contribution in [0.15, 0.2) is 48.6 Å². The summed E-state index contributed by atoms with van der Waals surface area (Å²) < 4.78 is 22.7. The number of carbonyl (C=O) groups excluding carboxylic acids is 2. The number of aliphatic carboxylic acids is 1. The van der Waals surface area contributed by atoms with Crippen molar-refractivity contribution in [2.75, 3.05) is 47.5 Å². The number of hydrogen-bond donors (Lipinski definition) is 1. The van der Waals surface area contributed by atoms with E-state index in [-0.39, 0.29) is 38.6 Å².